The van der Waals surface area contributed by atoms with Crippen molar-refractivity contribution in [2.24, 2.45) is 0 Å². The minimum absolute atomic E-state index is 0.0661. The Balaban J connectivity index is 1.61. The smallest absolute Gasteiger partial charge is 0.337 e. The molecule has 0 amide bonds. The van der Waals surface area contributed by atoms with Crippen LogP contribution in [0.2, 0.25) is 5.02 Å². The first-order valence-corrected chi connectivity index (χ1v) is 9.55. The van der Waals surface area contributed by atoms with Gasteiger partial charge in [-0.1, -0.05) is 48.0 Å². The highest BCUT2D eigenvalue weighted by Crippen LogP contribution is 2.29. The van der Waals surface area contributed by atoms with Gasteiger partial charge in [0, 0.05) is 18.7 Å². The first-order valence-electron chi connectivity index (χ1n) is 9.17. The minimum atomic E-state index is -1.06. The molecule has 3 rings (SSSR count). The molecule has 3 aromatic rings. The summed E-state index contributed by atoms with van der Waals surface area (Å²) in [5.74, 6) is 0.281. The molecule has 0 spiro atoms. The molecule has 0 atom stereocenters. The molecule has 150 valence electrons. The van der Waals surface area contributed by atoms with Gasteiger partial charge in [-0.25, -0.2) is 4.79 Å². The summed E-state index contributed by atoms with van der Waals surface area (Å²) in [6, 6.07) is 20.7. The van der Waals surface area contributed by atoms with Crippen molar-refractivity contribution < 1.29 is 19.4 Å². The maximum atomic E-state index is 11.2. The van der Waals surface area contributed by atoms with E-state index in [1.54, 1.807) is 19.2 Å². The molecule has 0 fully saturated rings. The fourth-order valence-electron chi connectivity index (χ4n) is 2.87. The lowest BCUT2D eigenvalue weighted by Crippen LogP contribution is -2.05. The van der Waals surface area contributed by atoms with Gasteiger partial charge in [-0.2, -0.15) is 0 Å². The summed E-state index contributed by atoms with van der Waals surface area (Å²) in [4.78, 5) is 11.2. The van der Waals surface area contributed by atoms with E-state index in [1.807, 2.05) is 36.4 Å². The van der Waals surface area contributed by atoms with E-state index < -0.39 is 5.97 Å². The second-order valence-corrected chi connectivity index (χ2v) is 6.83. The number of methoxy groups -OCH3 is 1. The van der Waals surface area contributed by atoms with E-state index >= 15 is 0 Å². The van der Waals surface area contributed by atoms with E-state index in [9.17, 15) is 9.90 Å². The third kappa shape index (κ3) is 5.65. The zero-order chi connectivity index (χ0) is 20.6. The van der Waals surface area contributed by atoms with Crippen LogP contribution >= 0.6 is 11.6 Å². The van der Waals surface area contributed by atoms with Crippen molar-refractivity contribution in [1.29, 1.82) is 0 Å². The predicted molar refractivity (Wildman–Crippen MR) is 114 cm³/mol. The van der Waals surface area contributed by atoms with Gasteiger partial charge in [-0.05, 0) is 41.5 Å². The number of anilines is 1. The van der Waals surface area contributed by atoms with Crippen molar-refractivity contribution in [2.75, 3.05) is 19.0 Å². The Morgan fingerprint density at radius 2 is 1.79 bits per heavy atom. The number of carboxylic acids is 1. The summed E-state index contributed by atoms with van der Waals surface area (Å²) in [6.07, 6.45) is 0.815. The number of aromatic carboxylic acids is 1. The predicted octanol–water partition coefficient (Wildman–Crippen LogP) is 5.28. The molecule has 0 saturated carbocycles. The molecule has 6 heteroatoms. The van der Waals surface area contributed by atoms with Gasteiger partial charge in [0.1, 0.15) is 0 Å². The summed E-state index contributed by atoms with van der Waals surface area (Å²) in [5.41, 5.74) is 2.94. The summed E-state index contributed by atoms with van der Waals surface area (Å²) in [6.45, 7) is 1.06. The number of carbonyl (C=O) groups is 1. The van der Waals surface area contributed by atoms with Crippen LogP contribution in [0, 0.1) is 0 Å². The third-order valence-corrected chi connectivity index (χ3v) is 4.74. The average molecular weight is 412 g/mol. The van der Waals surface area contributed by atoms with Crippen molar-refractivity contribution in [3.63, 3.8) is 0 Å². The Kier molecular flexibility index (Phi) is 6.98. The van der Waals surface area contributed by atoms with Gasteiger partial charge in [0.15, 0.2) is 11.5 Å². The Bertz CT molecular complexity index is 976. The number of rotatable bonds is 9. The van der Waals surface area contributed by atoms with Gasteiger partial charge in [0.25, 0.3) is 0 Å². The summed E-state index contributed by atoms with van der Waals surface area (Å²) >= 11 is 5.91. The molecule has 0 unspecified atom stereocenters. The first kappa shape index (κ1) is 20.6. The van der Waals surface area contributed by atoms with E-state index in [2.05, 4.69) is 17.4 Å². The van der Waals surface area contributed by atoms with Crippen molar-refractivity contribution in [2.45, 2.75) is 13.0 Å². The number of hydrogen-bond donors (Lipinski definition) is 2. The SMILES string of the molecule is COc1cc(CNc2ccc(Cl)c(C(=O)O)c2)ccc1OCCc1ccccc1. The summed E-state index contributed by atoms with van der Waals surface area (Å²) in [5, 5.41) is 12.6. The molecule has 0 aliphatic heterocycles. The molecule has 0 aliphatic carbocycles. The fourth-order valence-corrected chi connectivity index (χ4v) is 3.07. The van der Waals surface area contributed by atoms with E-state index in [0.29, 0.717) is 30.3 Å². The van der Waals surface area contributed by atoms with Crippen LogP contribution in [0.25, 0.3) is 0 Å². The van der Waals surface area contributed by atoms with Crippen molar-refractivity contribution in [1.82, 2.24) is 0 Å². The van der Waals surface area contributed by atoms with Gasteiger partial charge in [0.2, 0.25) is 0 Å². The summed E-state index contributed by atoms with van der Waals surface area (Å²) < 4.78 is 11.3. The van der Waals surface area contributed by atoms with E-state index in [4.69, 9.17) is 21.1 Å². The minimum Gasteiger partial charge on any atom is -0.493 e. The van der Waals surface area contributed by atoms with Crippen LogP contribution in [0.5, 0.6) is 11.5 Å². The highest BCUT2D eigenvalue weighted by Gasteiger charge is 2.10. The number of nitrogens with one attached hydrogen (secondary N) is 1. The maximum absolute atomic E-state index is 11.2. The Labute approximate surface area is 174 Å². The molecule has 2 N–H and O–H groups in total. The monoisotopic (exact) mass is 411 g/mol. The molecule has 0 heterocycles. The van der Waals surface area contributed by atoms with Crippen molar-refractivity contribution >= 4 is 23.3 Å². The molecular weight excluding hydrogens is 390 g/mol. The third-order valence-electron chi connectivity index (χ3n) is 4.41. The van der Waals surface area contributed by atoms with Crippen LogP contribution < -0.4 is 14.8 Å². The topological polar surface area (TPSA) is 67.8 Å². The number of hydrogen-bond acceptors (Lipinski definition) is 4. The van der Waals surface area contributed by atoms with E-state index in [0.717, 1.165) is 12.0 Å². The standard InChI is InChI=1S/C23H22ClNO4/c1-28-22-13-17(15-25-18-8-9-20(24)19(14-18)23(26)27)7-10-21(22)29-12-11-16-5-3-2-4-6-16/h2-10,13-14,25H,11-12,15H2,1H3,(H,26,27). The molecule has 3 aromatic carbocycles. The normalized spacial score (nSPS) is 10.4. The zero-order valence-corrected chi connectivity index (χ0v) is 16.8. The van der Waals surface area contributed by atoms with Crippen LogP contribution in [0.4, 0.5) is 5.69 Å². The van der Waals surface area contributed by atoms with Crippen molar-refractivity contribution in [3.05, 3.63) is 88.4 Å². The molecule has 0 bridgehead atoms. The van der Waals surface area contributed by atoms with Crippen LogP contribution in [-0.4, -0.2) is 24.8 Å². The molecule has 5 nitrogen and oxygen atoms in total. The molecule has 0 aliphatic rings. The lowest BCUT2D eigenvalue weighted by atomic mass is 10.1. The van der Waals surface area contributed by atoms with Gasteiger partial charge >= 0.3 is 5.97 Å². The zero-order valence-electron chi connectivity index (χ0n) is 16.0. The first-order chi connectivity index (χ1) is 14.1. The average Bonchev–Trinajstić information content (AvgIpc) is 2.74. The molecule has 29 heavy (non-hydrogen) atoms. The van der Waals surface area contributed by atoms with Gasteiger partial charge in [0.05, 0.1) is 24.3 Å². The lowest BCUT2D eigenvalue weighted by Gasteiger charge is -2.13. The van der Waals surface area contributed by atoms with E-state index in [-0.39, 0.29) is 10.6 Å². The van der Waals surface area contributed by atoms with Crippen LogP contribution in [-0.2, 0) is 13.0 Å². The Hall–Kier alpha value is -3.18. The summed E-state index contributed by atoms with van der Waals surface area (Å²) in [7, 11) is 1.61. The maximum Gasteiger partial charge on any atom is 0.337 e. The van der Waals surface area contributed by atoms with Crippen LogP contribution in [0.3, 0.4) is 0 Å². The second-order valence-electron chi connectivity index (χ2n) is 6.42. The number of ether oxygens (including phenoxy) is 2. The quantitative estimate of drug-likeness (QED) is 0.501. The lowest BCUT2D eigenvalue weighted by molar-refractivity contribution is 0.0697. The largest absolute Gasteiger partial charge is 0.493 e. The van der Waals surface area contributed by atoms with Gasteiger partial charge in [-0.15, -0.1) is 0 Å². The van der Waals surface area contributed by atoms with Crippen LogP contribution in [0.15, 0.2) is 66.7 Å². The van der Waals surface area contributed by atoms with Crippen molar-refractivity contribution in [3.8, 4) is 11.5 Å². The van der Waals surface area contributed by atoms with Gasteiger partial charge < -0.3 is 19.9 Å². The number of halogens is 1. The molecule has 0 radical (unpaired) electrons. The highest BCUT2D eigenvalue weighted by molar-refractivity contribution is 6.33. The molecular formula is C23H22ClNO4. The Morgan fingerprint density at radius 1 is 1.00 bits per heavy atom. The second kappa shape index (κ2) is 9.85. The number of benzene rings is 3. The molecule has 0 saturated heterocycles. The van der Waals surface area contributed by atoms with E-state index in [1.165, 1.54) is 11.6 Å². The number of carboxylic acid groups (broad SMARTS) is 1. The van der Waals surface area contributed by atoms with Gasteiger partial charge in [-0.3, -0.25) is 0 Å². The molecule has 0 aromatic heterocycles. The van der Waals surface area contributed by atoms with Crippen LogP contribution in [0.1, 0.15) is 21.5 Å². The highest BCUT2D eigenvalue weighted by atomic mass is 35.5. The Morgan fingerprint density at radius 3 is 2.52 bits per heavy atom. The fraction of sp³-hybridized carbons (Fsp3) is 0.174.